The van der Waals surface area contributed by atoms with Crippen LogP contribution in [-0.4, -0.2) is 28.2 Å². The van der Waals surface area contributed by atoms with Crippen LogP contribution in [0.4, 0.5) is 8.78 Å². The Kier molecular flexibility index (Phi) is 6.06. The molecular formula is C25H18ClF2NO3. The topological polar surface area (TPSA) is 57.6 Å². The van der Waals surface area contributed by atoms with Gasteiger partial charge in [0.15, 0.2) is 0 Å². The van der Waals surface area contributed by atoms with Gasteiger partial charge in [-0.05, 0) is 66.1 Å². The monoisotopic (exact) mass is 453 g/mol. The van der Waals surface area contributed by atoms with E-state index >= 15 is 0 Å². The highest BCUT2D eigenvalue weighted by atomic mass is 35.5. The molecule has 0 aliphatic carbocycles. The number of ketones is 1. The first-order valence-electron chi connectivity index (χ1n) is 9.89. The van der Waals surface area contributed by atoms with Crippen molar-refractivity contribution in [2.75, 3.05) is 6.54 Å². The average molecular weight is 454 g/mol. The average Bonchev–Trinajstić information content (AvgIpc) is 3.04. The number of hydrogen-bond acceptors (Lipinski definition) is 3. The van der Waals surface area contributed by atoms with E-state index in [9.17, 15) is 23.5 Å². The summed E-state index contributed by atoms with van der Waals surface area (Å²) in [7, 11) is 0. The van der Waals surface area contributed by atoms with E-state index in [1.165, 1.54) is 41.3 Å². The molecule has 162 valence electrons. The molecule has 1 aliphatic heterocycles. The normalized spacial score (nSPS) is 17.7. The van der Waals surface area contributed by atoms with Crippen LogP contribution in [0.5, 0.6) is 0 Å². The van der Waals surface area contributed by atoms with Crippen molar-refractivity contribution in [1.82, 2.24) is 4.90 Å². The van der Waals surface area contributed by atoms with Crippen LogP contribution in [0.25, 0.3) is 5.76 Å². The number of benzene rings is 3. The SMILES string of the molecule is O=C1C(=O)N(CCc2ccc(Cl)cc2)C(c2ccc(F)cc2)/C1=C(/O)c1ccc(F)cc1. The maximum absolute atomic E-state index is 13.5. The largest absolute Gasteiger partial charge is 0.507 e. The maximum atomic E-state index is 13.5. The predicted molar refractivity (Wildman–Crippen MR) is 117 cm³/mol. The van der Waals surface area contributed by atoms with Crippen molar-refractivity contribution in [2.45, 2.75) is 12.5 Å². The molecule has 1 unspecified atom stereocenters. The minimum Gasteiger partial charge on any atom is -0.507 e. The highest BCUT2D eigenvalue weighted by Crippen LogP contribution is 2.39. The quantitative estimate of drug-likeness (QED) is 0.325. The maximum Gasteiger partial charge on any atom is 0.295 e. The van der Waals surface area contributed by atoms with E-state index in [4.69, 9.17) is 11.6 Å². The molecule has 1 aliphatic rings. The number of nitrogens with zero attached hydrogens (tertiary/aromatic N) is 1. The number of aliphatic hydroxyl groups excluding tert-OH is 1. The smallest absolute Gasteiger partial charge is 0.295 e. The molecule has 1 saturated heterocycles. The fourth-order valence-electron chi connectivity index (χ4n) is 3.77. The summed E-state index contributed by atoms with van der Waals surface area (Å²) < 4.78 is 26.9. The fraction of sp³-hybridized carbons (Fsp3) is 0.120. The molecule has 3 aromatic carbocycles. The Morgan fingerprint density at radius 2 is 1.44 bits per heavy atom. The van der Waals surface area contributed by atoms with Crippen molar-refractivity contribution in [3.8, 4) is 0 Å². The third kappa shape index (κ3) is 4.27. The van der Waals surface area contributed by atoms with Gasteiger partial charge < -0.3 is 10.0 Å². The Morgan fingerprint density at radius 3 is 2.03 bits per heavy atom. The lowest BCUT2D eigenvalue weighted by atomic mass is 9.95. The minimum atomic E-state index is -0.909. The second kappa shape index (κ2) is 8.93. The molecule has 1 amide bonds. The Labute approximate surface area is 188 Å². The molecular weight excluding hydrogens is 436 g/mol. The summed E-state index contributed by atoms with van der Waals surface area (Å²) >= 11 is 5.92. The van der Waals surface area contributed by atoms with E-state index in [0.29, 0.717) is 17.0 Å². The molecule has 4 rings (SSSR count). The van der Waals surface area contributed by atoms with Crippen LogP contribution in [-0.2, 0) is 16.0 Å². The Morgan fingerprint density at radius 1 is 0.875 bits per heavy atom. The molecule has 1 fully saturated rings. The lowest BCUT2D eigenvalue weighted by Crippen LogP contribution is -2.31. The van der Waals surface area contributed by atoms with Crippen molar-refractivity contribution >= 4 is 29.1 Å². The van der Waals surface area contributed by atoms with E-state index in [1.807, 2.05) is 12.1 Å². The van der Waals surface area contributed by atoms with E-state index < -0.39 is 35.1 Å². The van der Waals surface area contributed by atoms with Gasteiger partial charge in [-0.3, -0.25) is 9.59 Å². The van der Waals surface area contributed by atoms with Crippen LogP contribution >= 0.6 is 11.6 Å². The van der Waals surface area contributed by atoms with Gasteiger partial charge >= 0.3 is 0 Å². The number of hydrogen-bond donors (Lipinski definition) is 1. The lowest BCUT2D eigenvalue weighted by molar-refractivity contribution is -0.139. The van der Waals surface area contributed by atoms with Crippen molar-refractivity contribution in [1.29, 1.82) is 0 Å². The van der Waals surface area contributed by atoms with Crippen LogP contribution < -0.4 is 0 Å². The zero-order valence-electron chi connectivity index (χ0n) is 16.8. The van der Waals surface area contributed by atoms with Gasteiger partial charge in [0.25, 0.3) is 11.7 Å². The van der Waals surface area contributed by atoms with E-state index in [2.05, 4.69) is 0 Å². The zero-order valence-corrected chi connectivity index (χ0v) is 17.5. The molecule has 4 nitrogen and oxygen atoms in total. The second-order valence-corrected chi connectivity index (χ2v) is 7.86. The van der Waals surface area contributed by atoms with E-state index in [1.54, 1.807) is 12.1 Å². The Bertz CT molecular complexity index is 1190. The molecule has 0 bridgehead atoms. The van der Waals surface area contributed by atoms with Crippen molar-refractivity contribution in [3.63, 3.8) is 0 Å². The Hall–Kier alpha value is -3.51. The Balaban J connectivity index is 1.76. The van der Waals surface area contributed by atoms with Crippen LogP contribution in [0.3, 0.4) is 0 Å². The highest BCUT2D eigenvalue weighted by Gasteiger charge is 2.45. The van der Waals surface area contributed by atoms with Crippen LogP contribution in [0.1, 0.15) is 22.7 Å². The molecule has 1 heterocycles. The summed E-state index contributed by atoms with van der Waals surface area (Å²) in [4.78, 5) is 27.2. The van der Waals surface area contributed by atoms with Crippen molar-refractivity contribution in [3.05, 3.63) is 112 Å². The zero-order chi connectivity index (χ0) is 22.8. The van der Waals surface area contributed by atoms with Gasteiger partial charge in [0.1, 0.15) is 17.4 Å². The van der Waals surface area contributed by atoms with Crippen molar-refractivity contribution < 1.29 is 23.5 Å². The molecule has 3 aromatic rings. The minimum absolute atomic E-state index is 0.121. The molecule has 1 atom stereocenters. The van der Waals surface area contributed by atoms with Gasteiger partial charge in [-0.25, -0.2) is 8.78 Å². The standard InChI is InChI=1S/C25H18ClF2NO3/c26-18-7-1-15(2-8-18)13-14-29-22(16-3-9-19(27)10-4-16)21(24(31)25(29)32)23(30)17-5-11-20(28)12-6-17/h1-12,22,30H,13-14H2/b23-21-. The molecule has 0 spiro atoms. The number of amides is 1. The van der Waals surface area contributed by atoms with Gasteiger partial charge in [0.2, 0.25) is 0 Å². The summed E-state index contributed by atoms with van der Waals surface area (Å²) in [6.45, 7) is 0.189. The number of rotatable bonds is 5. The summed E-state index contributed by atoms with van der Waals surface area (Å²) in [6.07, 6.45) is 0.443. The van der Waals surface area contributed by atoms with E-state index in [0.717, 1.165) is 17.7 Å². The number of Topliss-reactive ketones (excluding diaryl/α,β-unsaturated/α-hetero) is 1. The van der Waals surface area contributed by atoms with Gasteiger partial charge in [-0.2, -0.15) is 0 Å². The molecule has 0 radical (unpaired) electrons. The number of carbonyl (C=O) groups excluding carboxylic acids is 2. The molecule has 0 aromatic heterocycles. The summed E-state index contributed by atoms with van der Waals surface area (Å²) in [5.74, 6) is -2.99. The first kappa shape index (κ1) is 21.7. The van der Waals surface area contributed by atoms with Crippen LogP contribution in [0, 0.1) is 11.6 Å². The third-order valence-corrected chi connectivity index (χ3v) is 5.65. The van der Waals surface area contributed by atoms with Crippen LogP contribution in [0.2, 0.25) is 5.02 Å². The molecule has 32 heavy (non-hydrogen) atoms. The first-order valence-corrected chi connectivity index (χ1v) is 10.3. The van der Waals surface area contributed by atoms with Gasteiger partial charge in [-0.1, -0.05) is 35.9 Å². The van der Waals surface area contributed by atoms with Gasteiger partial charge in [0, 0.05) is 17.1 Å². The lowest BCUT2D eigenvalue weighted by Gasteiger charge is -2.25. The summed E-state index contributed by atoms with van der Waals surface area (Å²) in [5, 5.41) is 11.5. The summed E-state index contributed by atoms with van der Waals surface area (Å²) in [5.41, 5.74) is 1.47. The molecule has 0 saturated carbocycles. The first-order chi connectivity index (χ1) is 15.3. The fourth-order valence-corrected chi connectivity index (χ4v) is 3.89. The van der Waals surface area contributed by atoms with Crippen LogP contribution in [0.15, 0.2) is 78.4 Å². The molecule has 1 N–H and O–H groups in total. The van der Waals surface area contributed by atoms with E-state index in [-0.39, 0.29) is 17.7 Å². The highest BCUT2D eigenvalue weighted by molar-refractivity contribution is 6.46. The molecule has 7 heteroatoms. The predicted octanol–water partition coefficient (Wildman–Crippen LogP) is 5.28. The van der Waals surface area contributed by atoms with Crippen molar-refractivity contribution in [2.24, 2.45) is 0 Å². The van der Waals surface area contributed by atoms with Gasteiger partial charge in [0.05, 0.1) is 11.6 Å². The second-order valence-electron chi connectivity index (χ2n) is 7.43. The number of likely N-dealkylation sites (tertiary alicyclic amines) is 1. The third-order valence-electron chi connectivity index (χ3n) is 5.40. The van der Waals surface area contributed by atoms with Gasteiger partial charge in [-0.15, -0.1) is 0 Å². The summed E-state index contributed by atoms with van der Waals surface area (Å²) in [6, 6.07) is 16.6. The number of halogens is 3. The number of aliphatic hydroxyl groups is 1. The number of carbonyl (C=O) groups is 2.